The van der Waals surface area contributed by atoms with Crippen molar-refractivity contribution >= 4 is 17.6 Å². The number of benzene rings is 1. The average Bonchev–Trinajstić information content (AvgIpc) is 3.22. The first-order valence-corrected chi connectivity index (χ1v) is 9.60. The van der Waals surface area contributed by atoms with E-state index in [1.54, 1.807) is 14.0 Å². The fourth-order valence-electron chi connectivity index (χ4n) is 3.69. The summed E-state index contributed by atoms with van der Waals surface area (Å²) in [5.74, 6) is 0.573. The summed E-state index contributed by atoms with van der Waals surface area (Å²) in [5.41, 5.74) is 2.72. The standard InChI is InChI=1S/C22H24N4O3/c1-15-5-4-12-25-13-17(23-19(15)25)14-26-20(27)22(2,24-21(26)28)11-10-16-6-8-18(29-3)9-7-16/h4-9,12-13H,10-11,14H2,1-3H3,(H,24,28)/t22-/m0/s1. The van der Waals surface area contributed by atoms with Gasteiger partial charge in [-0.2, -0.15) is 0 Å². The van der Waals surface area contributed by atoms with Crippen LogP contribution in [0, 0.1) is 6.92 Å². The molecule has 0 bridgehead atoms. The minimum atomic E-state index is -0.925. The molecule has 1 aliphatic rings. The Kier molecular flexibility index (Phi) is 4.74. The number of carbonyl (C=O) groups is 2. The maximum absolute atomic E-state index is 13.0. The van der Waals surface area contributed by atoms with E-state index in [9.17, 15) is 9.59 Å². The zero-order chi connectivity index (χ0) is 20.6. The summed E-state index contributed by atoms with van der Waals surface area (Å²) in [5, 5.41) is 2.87. The third kappa shape index (κ3) is 3.55. The van der Waals surface area contributed by atoms with E-state index in [0.29, 0.717) is 18.5 Å². The zero-order valence-electron chi connectivity index (χ0n) is 16.8. The van der Waals surface area contributed by atoms with Crippen LogP contribution < -0.4 is 10.1 Å². The topological polar surface area (TPSA) is 75.9 Å². The average molecular weight is 392 g/mol. The second-order valence-electron chi connectivity index (χ2n) is 7.66. The maximum atomic E-state index is 13.0. The summed E-state index contributed by atoms with van der Waals surface area (Å²) in [4.78, 5) is 31.4. The number of aryl methyl sites for hydroxylation is 2. The highest BCUT2D eigenvalue weighted by atomic mass is 16.5. The molecule has 3 heterocycles. The second kappa shape index (κ2) is 7.24. The number of hydrogen-bond acceptors (Lipinski definition) is 4. The van der Waals surface area contributed by atoms with Crippen molar-refractivity contribution in [3.63, 3.8) is 0 Å². The highest BCUT2D eigenvalue weighted by Gasteiger charge is 2.47. The Morgan fingerprint density at radius 2 is 1.93 bits per heavy atom. The van der Waals surface area contributed by atoms with Gasteiger partial charge in [-0.15, -0.1) is 0 Å². The van der Waals surface area contributed by atoms with E-state index in [1.807, 2.05) is 60.1 Å². The Hall–Kier alpha value is -3.35. The Balaban J connectivity index is 1.47. The lowest BCUT2D eigenvalue weighted by Gasteiger charge is -2.21. The molecule has 0 saturated carbocycles. The van der Waals surface area contributed by atoms with E-state index in [0.717, 1.165) is 22.5 Å². The van der Waals surface area contributed by atoms with Crippen LogP contribution in [0.2, 0.25) is 0 Å². The maximum Gasteiger partial charge on any atom is 0.325 e. The first-order valence-electron chi connectivity index (χ1n) is 9.60. The number of nitrogens with zero attached hydrogens (tertiary/aromatic N) is 3. The monoisotopic (exact) mass is 392 g/mol. The van der Waals surface area contributed by atoms with Gasteiger partial charge in [-0.25, -0.2) is 9.78 Å². The van der Waals surface area contributed by atoms with Crippen LogP contribution in [0.5, 0.6) is 5.75 Å². The Morgan fingerprint density at radius 1 is 1.17 bits per heavy atom. The molecular weight excluding hydrogens is 368 g/mol. The molecule has 1 saturated heterocycles. The number of pyridine rings is 1. The summed E-state index contributed by atoms with van der Waals surface area (Å²) in [6.45, 7) is 3.92. The van der Waals surface area contributed by atoms with Crippen LogP contribution in [-0.2, 0) is 17.8 Å². The SMILES string of the molecule is COc1ccc(CC[C@]2(C)NC(=O)N(Cc3cn4cccc(C)c4n3)C2=O)cc1. The van der Waals surface area contributed by atoms with Crippen LogP contribution in [0.25, 0.3) is 5.65 Å². The molecule has 4 rings (SSSR count). The van der Waals surface area contributed by atoms with Gasteiger partial charge in [-0.1, -0.05) is 18.2 Å². The van der Waals surface area contributed by atoms with Crippen molar-refractivity contribution in [1.29, 1.82) is 0 Å². The summed E-state index contributed by atoms with van der Waals surface area (Å²) in [6.07, 6.45) is 4.96. The van der Waals surface area contributed by atoms with Gasteiger partial charge in [0, 0.05) is 12.4 Å². The van der Waals surface area contributed by atoms with Gasteiger partial charge in [-0.05, 0) is 56.0 Å². The number of carbonyl (C=O) groups excluding carboxylic acids is 2. The molecule has 1 aromatic carbocycles. The predicted molar refractivity (Wildman–Crippen MR) is 109 cm³/mol. The number of fused-ring (bicyclic) bond motifs is 1. The highest BCUT2D eigenvalue weighted by Crippen LogP contribution is 2.25. The quantitative estimate of drug-likeness (QED) is 0.654. The molecule has 3 aromatic rings. The van der Waals surface area contributed by atoms with Crippen LogP contribution >= 0.6 is 0 Å². The van der Waals surface area contributed by atoms with Crippen molar-refractivity contribution < 1.29 is 14.3 Å². The predicted octanol–water partition coefficient (Wildman–Crippen LogP) is 3.09. The van der Waals surface area contributed by atoms with E-state index in [4.69, 9.17) is 4.74 Å². The normalized spacial score (nSPS) is 19.1. The van der Waals surface area contributed by atoms with Crippen molar-refractivity contribution in [2.24, 2.45) is 0 Å². The number of imide groups is 1. The van der Waals surface area contributed by atoms with Gasteiger partial charge in [0.25, 0.3) is 5.91 Å². The molecule has 29 heavy (non-hydrogen) atoms. The van der Waals surface area contributed by atoms with Gasteiger partial charge in [0.15, 0.2) is 0 Å². The van der Waals surface area contributed by atoms with Gasteiger partial charge >= 0.3 is 6.03 Å². The Labute approximate surface area is 169 Å². The largest absolute Gasteiger partial charge is 0.497 e. The minimum absolute atomic E-state index is 0.157. The van der Waals surface area contributed by atoms with Gasteiger partial charge in [-0.3, -0.25) is 9.69 Å². The molecule has 1 N–H and O–H groups in total. The number of imidazole rings is 1. The summed E-state index contributed by atoms with van der Waals surface area (Å²) < 4.78 is 7.08. The summed E-state index contributed by atoms with van der Waals surface area (Å²) in [7, 11) is 1.63. The van der Waals surface area contributed by atoms with E-state index in [-0.39, 0.29) is 18.5 Å². The van der Waals surface area contributed by atoms with Crippen molar-refractivity contribution in [2.45, 2.75) is 38.8 Å². The molecule has 0 aliphatic carbocycles. The zero-order valence-corrected chi connectivity index (χ0v) is 16.8. The third-order valence-electron chi connectivity index (χ3n) is 5.47. The molecule has 1 atom stereocenters. The number of urea groups is 1. The molecule has 1 fully saturated rings. The van der Waals surface area contributed by atoms with E-state index in [2.05, 4.69) is 10.3 Å². The molecular formula is C22H24N4O3. The fraction of sp³-hybridized carbons (Fsp3) is 0.318. The van der Waals surface area contributed by atoms with Crippen molar-refractivity contribution in [1.82, 2.24) is 19.6 Å². The number of nitrogens with one attached hydrogen (secondary N) is 1. The van der Waals surface area contributed by atoms with Gasteiger partial charge in [0.05, 0.1) is 19.3 Å². The second-order valence-corrected chi connectivity index (χ2v) is 7.66. The molecule has 3 amide bonds. The molecule has 150 valence electrons. The number of hydrogen-bond donors (Lipinski definition) is 1. The lowest BCUT2D eigenvalue weighted by Crippen LogP contribution is -2.44. The van der Waals surface area contributed by atoms with Gasteiger partial charge in [0.2, 0.25) is 0 Å². The molecule has 0 spiro atoms. The van der Waals surface area contributed by atoms with Gasteiger partial charge < -0.3 is 14.5 Å². The molecule has 0 unspecified atom stereocenters. The molecule has 0 radical (unpaired) electrons. The molecule has 7 heteroatoms. The van der Waals surface area contributed by atoms with Gasteiger partial charge in [0.1, 0.15) is 16.9 Å². The van der Waals surface area contributed by atoms with Crippen molar-refractivity contribution in [2.75, 3.05) is 7.11 Å². The third-order valence-corrected chi connectivity index (χ3v) is 5.47. The summed E-state index contributed by atoms with van der Waals surface area (Å²) >= 11 is 0. The number of rotatable bonds is 6. The van der Waals surface area contributed by atoms with Crippen LogP contribution in [0.1, 0.15) is 30.2 Å². The summed E-state index contributed by atoms with van der Waals surface area (Å²) in [6, 6.07) is 11.3. The van der Waals surface area contributed by atoms with E-state index in [1.165, 1.54) is 4.90 Å². The molecule has 2 aromatic heterocycles. The van der Waals surface area contributed by atoms with Crippen molar-refractivity contribution in [3.8, 4) is 5.75 Å². The lowest BCUT2D eigenvalue weighted by molar-refractivity contribution is -0.131. The number of amides is 3. The van der Waals surface area contributed by atoms with Crippen LogP contribution in [0.15, 0.2) is 48.8 Å². The molecule has 7 nitrogen and oxygen atoms in total. The van der Waals surface area contributed by atoms with Crippen LogP contribution in [0.4, 0.5) is 4.79 Å². The molecule has 1 aliphatic heterocycles. The van der Waals surface area contributed by atoms with Crippen molar-refractivity contribution in [3.05, 3.63) is 65.6 Å². The first kappa shape index (κ1) is 19.0. The van der Waals surface area contributed by atoms with E-state index >= 15 is 0 Å². The highest BCUT2D eigenvalue weighted by molar-refractivity contribution is 6.06. The Bertz CT molecular complexity index is 1070. The number of methoxy groups -OCH3 is 1. The van der Waals surface area contributed by atoms with Crippen LogP contribution in [-0.4, -0.2) is 38.9 Å². The lowest BCUT2D eigenvalue weighted by atomic mass is 9.93. The van der Waals surface area contributed by atoms with Crippen LogP contribution in [0.3, 0.4) is 0 Å². The number of ether oxygens (including phenoxy) is 1. The minimum Gasteiger partial charge on any atom is -0.497 e. The fourth-order valence-corrected chi connectivity index (χ4v) is 3.69. The smallest absolute Gasteiger partial charge is 0.325 e. The first-order chi connectivity index (χ1) is 13.9. The Morgan fingerprint density at radius 3 is 2.62 bits per heavy atom. The number of aromatic nitrogens is 2. The van der Waals surface area contributed by atoms with E-state index < -0.39 is 5.54 Å².